The van der Waals surface area contributed by atoms with Gasteiger partial charge < -0.3 is 10.8 Å². The molecule has 0 radical (unpaired) electrons. The van der Waals surface area contributed by atoms with E-state index >= 15 is 0 Å². The van der Waals surface area contributed by atoms with Gasteiger partial charge in [-0.1, -0.05) is 24.3 Å². The zero-order valence-corrected chi connectivity index (χ0v) is 19.0. The standard InChI is InChI=1S/C24H23F2N5O.H2S/c1-24(32)11-16(12-24)22(27)18-5-2-4-17(29-18)14-8-9-15-13-28-31(20(15)10-14)21-7-3-6-19(30-21)23(25)26;/h2-10,13,16,22-23,32H,11-12,27H2,1H3;1H2/t16?,22-,24?;/m0./s1. The molecule has 1 aliphatic carbocycles. The molecular weight excluding hydrogens is 444 g/mol. The minimum Gasteiger partial charge on any atom is -0.390 e. The van der Waals surface area contributed by atoms with Crippen molar-refractivity contribution in [3.8, 4) is 17.1 Å². The first-order valence-electron chi connectivity index (χ1n) is 10.5. The smallest absolute Gasteiger partial charge is 0.280 e. The van der Waals surface area contributed by atoms with E-state index < -0.39 is 12.0 Å². The molecule has 1 saturated carbocycles. The molecule has 4 aromatic rings. The Labute approximate surface area is 196 Å². The highest BCUT2D eigenvalue weighted by Crippen LogP contribution is 2.43. The van der Waals surface area contributed by atoms with Gasteiger partial charge in [-0.15, -0.1) is 0 Å². The molecule has 0 bridgehead atoms. The molecule has 6 nitrogen and oxygen atoms in total. The lowest BCUT2D eigenvalue weighted by Crippen LogP contribution is -2.45. The number of fused-ring (bicyclic) bond motifs is 1. The molecule has 0 aliphatic heterocycles. The molecule has 1 fully saturated rings. The molecule has 172 valence electrons. The molecule has 3 aromatic heterocycles. The van der Waals surface area contributed by atoms with Crippen LogP contribution in [0.15, 0.2) is 60.8 Å². The predicted molar refractivity (Wildman–Crippen MR) is 128 cm³/mol. The van der Waals surface area contributed by atoms with Gasteiger partial charge in [-0.2, -0.15) is 18.6 Å². The van der Waals surface area contributed by atoms with Crippen LogP contribution in [-0.2, 0) is 0 Å². The second-order valence-electron chi connectivity index (χ2n) is 8.69. The van der Waals surface area contributed by atoms with E-state index in [1.54, 1.807) is 23.0 Å². The molecule has 1 atom stereocenters. The number of rotatable bonds is 5. The quantitative estimate of drug-likeness (QED) is 0.442. The summed E-state index contributed by atoms with van der Waals surface area (Å²) in [5.74, 6) is 0.528. The highest BCUT2D eigenvalue weighted by atomic mass is 32.1. The highest BCUT2D eigenvalue weighted by molar-refractivity contribution is 7.59. The Morgan fingerprint density at radius 1 is 1.06 bits per heavy atom. The largest absolute Gasteiger partial charge is 0.390 e. The van der Waals surface area contributed by atoms with Gasteiger partial charge in [-0.25, -0.2) is 18.4 Å². The Kier molecular flexibility index (Phi) is 6.22. The zero-order chi connectivity index (χ0) is 22.5. The van der Waals surface area contributed by atoms with E-state index in [2.05, 4.69) is 10.1 Å². The number of halogens is 2. The van der Waals surface area contributed by atoms with E-state index in [4.69, 9.17) is 10.7 Å². The van der Waals surface area contributed by atoms with Crippen molar-refractivity contribution in [2.24, 2.45) is 11.7 Å². The molecule has 9 heteroatoms. The summed E-state index contributed by atoms with van der Waals surface area (Å²) in [5.41, 5.74) is 8.63. The van der Waals surface area contributed by atoms with Crippen LogP contribution in [0.2, 0.25) is 0 Å². The average Bonchev–Trinajstić information content (AvgIpc) is 3.20. The first-order valence-corrected chi connectivity index (χ1v) is 10.5. The molecule has 1 aromatic carbocycles. The van der Waals surface area contributed by atoms with Gasteiger partial charge >= 0.3 is 0 Å². The Balaban J connectivity index is 0.00000259. The molecule has 5 rings (SSSR count). The van der Waals surface area contributed by atoms with Crippen LogP contribution in [0.4, 0.5) is 8.78 Å². The van der Waals surface area contributed by atoms with E-state index in [1.807, 2.05) is 43.3 Å². The lowest BCUT2D eigenvalue weighted by atomic mass is 9.68. The third kappa shape index (κ3) is 4.48. The number of benzene rings is 1. The van der Waals surface area contributed by atoms with Crippen LogP contribution in [-0.4, -0.2) is 30.5 Å². The first kappa shape index (κ1) is 23.3. The van der Waals surface area contributed by atoms with Gasteiger partial charge in [0, 0.05) is 10.9 Å². The third-order valence-corrected chi connectivity index (χ3v) is 6.09. The summed E-state index contributed by atoms with van der Waals surface area (Å²) in [7, 11) is 0. The molecule has 0 amide bonds. The summed E-state index contributed by atoms with van der Waals surface area (Å²) >= 11 is 0. The molecular formula is C24H25F2N5OS. The number of pyridine rings is 2. The number of hydrogen-bond donors (Lipinski definition) is 2. The number of nitrogens with zero attached hydrogens (tertiary/aromatic N) is 4. The van der Waals surface area contributed by atoms with Crippen molar-refractivity contribution in [3.63, 3.8) is 0 Å². The summed E-state index contributed by atoms with van der Waals surface area (Å²) in [6.07, 6.45) is 0.354. The summed E-state index contributed by atoms with van der Waals surface area (Å²) in [6, 6.07) is 15.8. The molecule has 3 N–H and O–H groups in total. The van der Waals surface area contributed by atoms with Gasteiger partial charge in [0.1, 0.15) is 5.69 Å². The minimum atomic E-state index is -2.65. The zero-order valence-electron chi connectivity index (χ0n) is 18.0. The molecule has 3 heterocycles. The number of hydrogen-bond acceptors (Lipinski definition) is 5. The van der Waals surface area contributed by atoms with Gasteiger partial charge in [0.15, 0.2) is 5.82 Å². The summed E-state index contributed by atoms with van der Waals surface area (Å²) in [6.45, 7) is 1.82. The van der Waals surface area contributed by atoms with Crippen molar-refractivity contribution < 1.29 is 13.9 Å². The topological polar surface area (TPSA) is 89.8 Å². The van der Waals surface area contributed by atoms with Crippen LogP contribution in [0.25, 0.3) is 28.0 Å². The van der Waals surface area contributed by atoms with Crippen molar-refractivity contribution in [1.29, 1.82) is 0 Å². The molecule has 0 spiro atoms. The van der Waals surface area contributed by atoms with Crippen molar-refractivity contribution >= 4 is 24.4 Å². The lowest BCUT2D eigenvalue weighted by Gasteiger charge is -2.43. The van der Waals surface area contributed by atoms with Crippen molar-refractivity contribution in [1.82, 2.24) is 19.7 Å². The number of alkyl halides is 2. The Morgan fingerprint density at radius 2 is 1.79 bits per heavy atom. The van der Waals surface area contributed by atoms with E-state index in [1.165, 1.54) is 6.07 Å². The maximum absolute atomic E-state index is 13.1. The highest BCUT2D eigenvalue weighted by Gasteiger charge is 2.42. The summed E-state index contributed by atoms with van der Waals surface area (Å²) in [5, 5.41) is 15.2. The SMILES string of the molecule is CC1(O)CC([C@H](N)c2cccc(-c3ccc4cnn(-c5cccc(C(F)F)n5)c4c3)n2)C1.S. The number of nitrogens with two attached hydrogens (primary N) is 1. The van der Waals surface area contributed by atoms with Crippen molar-refractivity contribution in [3.05, 3.63) is 72.2 Å². The Hall–Kier alpha value is -2.88. The van der Waals surface area contributed by atoms with Gasteiger partial charge in [-0.05, 0) is 56.0 Å². The van der Waals surface area contributed by atoms with Gasteiger partial charge in [0.05, 0.1) is 34.7 Å². The van der Waals surface area contributed by atoms with Crippen LogP contribution in [0.1, 0.15) is 43.6 Å². The van der Waals surface area contributed by atoms with Gasteiger partial charge in [0.25, 0.3) is 6.43 Å². The van der Waals surface area contributed by atoms with Crippen LogP contribution in [0, 0.1) is 5.92 Å². The van der Waals surface area contributed by atoms with Crippen LogP contribution in [0.3, 0.4) is 0 Å². The minimum absolute atomic E-state index is 0. The number of aliphatic hydroxyl groups is 1. The first-order chi connectivity index (χ1) is 15.3. The van der Waals surface area contributed by atoms with Crippen LogP contribution >= 0.6 is 13.5 Å². The van der Waals surface area contributed by atoms with Gasteiger partial charge in [-0.3, -0.25) is 4.98 Å². The summed E-state index contributed by atoms with van der Waals surface area (Å²) < 4.78 is 27.7. The average molecular weight is 470 g/mol. The summed E-state index contributed by atoms with van der Waals surface area (Å²) in [4.78, 5) is 8.82. The monoisotopic (exact) mass is 469 g/mol. The van der Waals surface area contributed by atoms with E-state index in [9.17, 15) is 13.9 Å². The third-order valence-electron chi connectivity index (χ3n) is 6.09. The predicted octanol–water partition coefficient (Wildman–Crippen LogP) is 4.69. The Bertz CT molecular complexity index is 1280. The molecule has 0 saturated heterocycles. The van der Waals surface area contributed by atoms with Crippen molar-refractivity contribution in [2.75, 3.05) is 0 Å². The maximum atomic E-state index is 13.1. The normalized spacial score (nSPS) is 21.0. The fourth-order valence-corrected chi connectivity index (χ4v) is 4.40. The second kappa shape index (κ2) is 8.81. The van der Waals surface area contributed by atoms with E-state index in [0.29, 0.717) is 18.7 Å². The fourth-order valence-electron chi connectivity index (χ4n) is 4.40. The second-order valence-corrected chi connectivity index (χ2v) is 8.69. The van der Waals surface area contributed by atoms with Crippen molar-refractivity contribution in [2.45, 2.75) is 37.8 Å². The van der Waals surface area contributed by atoms with Crippen LogP contribution < -0.4 is 5.73 Å². The maximum Gasteiger partial charge on any atom is 0.280 e. The molecule has 0 unspecified atom stereocenters. The molecule has 1 aliphatic rings. The van der Waals surface area contributed by atoms with E-state index in [0.717, 1.165) is 27.9 Å². The lowest BCUT2D eigenvalue weighted by molar-refractivity contribution is -0.0654. The number of aromatic nitrogens is 4. The van der Waals surface area contributed by atoms with Crippen LogP contribution in [0.5, 0.6) is 0 Å². The van der Waals surface area contributed by atoms with E-state index in [-0.39, 0.29) is 31.1 Å². The Morgan fingerprint density at radius 3 is 2.52 bits per heavy atom. The fraction of sp³-hybridized carbons (Fsp3) is 0.292. The van der Waals surface area contributed by atoms with Gasteiger partial charge in [0.2, 0.25) is 0 Å². The molecule has 33 heavy (non-hydrogen) atoms.